The highest BCUT2D eigenvalue weighted by Crippen LogP contribution is 2.14. The Balaban J connectivity index is 1.45. The van der Waals surface area contributed by atoms with Crippen LogP contribution in [-0.4, -0.2) is 77.2 Å². The maximum atomic E-state index is 12.9. The maximum Gasteiger partial charge on any atom is 0.258 e. The van der Waals surface area contributed by atoms with Crippen molar-refractivity contribution in [1.82, 2.24) is 25.1 Å². The first-order valence-electron chi connectivity index (χ1n) is 9.45. The summed E-state index contributed by atoms with van der Waals surface area (Å²) in [5, 5.41) is 3.88. The fraction of sp³-hybridized carbons (Fsp3) is 0.526. The van der Waals surface area contributed by atoms with E-state index in [4.69, 9.17) is 4.74 Å². The number of hydrogen-bond donors (Lipinski definition) is 2. The van der Waals surface area contributed by atoms with E-state index in [1.54, 1.807) is 6.07 Å². The van der Waals surface area contributed by atoms with Crippen LogP contribution in [0, 0.1) is 0 Å². The second-order valence-electron chi connectivity index (χ2n) is 7.21. The van der Waals surface area contributed by atoms with Crippen molar-refractivity contribution in [3.63, 3.8) is 0 Å². The van der Waals surface area contributed by atoms with Gasteiger partial charge in [0.05, 0.1) is 24.1 Å². The molecule has 0 saturated carbocycles. The van der Waals surface area contributed by atoms with Crippen LogP contribution >= 0.6 is 0 Å². The topological polar surface area (TPSA) is 90.6 Å². The van der Waals surface area contributed by atoms with Gasteiger partial charge in [-0.25, -0.2) is 4.98 Å². The molecule has 1 unspecified atom stereocenters. The van der Waals surface area contributed by atoms with Crippen LogP contribution in [-0.2, 0) is 16.1 Å². The number of carbonyl (C=O) groups excluding carboxylic acids is 1. The van der Waals surface area contributed by atoms with Crippen molar-refractivity contribution in [2.45, 2.75) is 25.6 Å². The first-order valence-corrected chi connectivity index (χ1v) is 9.45. The highest BCUT2D eigenvalue weighted by atomic mass is 16.5. The zero-order valence-electron chi connectivity index (χ0n) is 15.5. The highest BCUT2D eigenvalue weighted by molar-refractivity contribution is 5.81. The van der Waals surface area contributed by atoms with E-state index in [0.717, 1.165) is 13.1 Å². The van der Waals surface area contributed by atoms with Gasteiger partial charge in [0.15, 0.2) is 0 Å². The summed E-state index contributed by atoms with van der Waals surface area (Å²) in [6, 6.07) is 7.48. The van der Waals surface area contributed by atoms with Crippen molar-refractivity contribution in [1.29, 1.82) is 0 Å². The molecule has 2 saturated heterocycles. The predicted molar refractivity (Wildman–Crippen MR) is 101 cm³/mol. The van der Waals surface area contributed by atoms with Crippen molar-refractivity contribution < 1.29 is 9.53 Å². The molecular formula is C19H25N5O3. The molecule has 0 radical (unpaired) electrons. The SMILES string of the molecule is C[C@H]1CNCCN1C(=O)C1CN(Cc2nc3ccccc3c(=O)[nH]2)CCO1. The number of rotatable bonds is 3. The van der Waals surface area contributed by atoms with Crippen LogP contribution in [0.4, 0.5) is 0 Å². The lowest BCUT2D eigenvalue weighted by molar-refractivity contribution is -0.152. The van der Waals surface area contributed by atoms with Gasteiger partial charge in [0.25, 0.3) is 11.5 Å². The summed E-state index contributed by atoms with van der Waals surface area (Å²) in [5.74, 6) is 0.663. The Morgan fingerprint density at radius 1 is 1.33 bits per heavy atom. The number of piperazine rings is 1. The molecule has 3 heterocycles. The number of morpholine rings is 1. The van der Waals surface area contributed by atoms with Crippen molar-refractivity contribution >= 4 is 16.8 Å². The second-order valence-corrected chi connectivity index (χ2v) is 7.21. The minimum atomic E-state index is -0.466. The van der Waals surface area contributed by atoms with Crippen LogP contribution in [0.2, 0.25) is 0 Å². The number of carbonyl (C=O) groups is 1. The van der Waals surface area contributed by atoms with Crippen LogP contribution in [0.3, 0.4) is 0 Å². The first kappa shape index (κ1) is 18.1. The lowest BCUT2D eigenvalue weighted by Gasteiger charge is -2.39. The van der Waals surface area contributed by atoms with Crippen LogP contribution in [0.5, 0.6) is 0 Å². The predicted octanol–water partition coefficient (Wildman–Crippen LogP) is -0.0558. The molecule has 8 heteroatoms. The Bertz CT molecular complexity index is 883. The second kappa shape index (κ2) is 7.75. The number of aromatic amines is 1. The molecule has 0 aliphatic carbocycles. The number of ether oxygens (including phenoxy) is 1. The Kier molecular flexibility index (Phi) is 5.20. The Morgan fingerprint density at radius 3 is 3.04 bits per heavy atom. The molecule has 2 fully saturated rings. The van der Waals surface area contributed by atoms with Gasteiger partial charge < -0.3 is 19.9 Å². The monoisotopic (exact) mass is 371 g/mol. The lowest BCUT2D eigenvalue weighted by atomic mass is 10.1. The van der Waals surface area contributed by atoms with Gasteiger partial charge in [-0.2, -0.15) is 0 Å². The quantitative estimate of drug-likeness (QED) is 0.786. The summed E-state index contributed by atoms with van der Waals surface area (Å²) in [7, 11) is 0. The summed E-state index contributed by atoms with van der Waals surface area (Å²) in [4.78, 5) is 36.6. The van der Waals surface area contributed by atoms with E-state index in [-0.39, 0.29) is 17.5 Å². The van der Waals surface area contributed by atoms with Crippen molar-refractivity contribution in [3.8, 4) is 0 Å². The van der Waals surface area contributed by atoms with E-state index in [0.29, 0.717) is 49.5 Å². The molecule has 0 spiro atoms. The molecule has 2 N–H and O–H groups in total. The summed E-state index contributed by atoms with van der Waals surface area (Å²) < 4.78 is 5.76. The largest absolute Gasteiger partial charge is 0.366 e. The average molecular weight is 371 g/mol. The first-order chi connectivity index (χ1) is 13.1. The van der Waals surface area contributed by atoms with E-state index >= 15 is 0 Å². The molecule has 4 rings (SSSR count). The average Bonchev–Trinajstić information content (AvgIpc) is 2.68. The van der Waals surface area contributed by atoms with Gasteiger partial charge in [-0.1, -0.05) is 12.1 Å². The van der Waals surface area contributed by atoms with E-state index in [2.05, 4.69) is 20.2 Å². The normalized spacial score (nSPS) is 24.3. The third-order valence-corrected chi connectivity index (χ3v) is 5.25. The summed E-state index contributed by atoms with van der Waals surface area (Å²) >= 11 is 0. The van der Waals surface area contributed by atoms with Crippen LogP contribution < -0.4 is 10.9 Å². The zero-order chi connectivity index (χ0) is 18.8. The number of fused-ring (bicyclic) bond motifs is 1. The molecule has 27 heavy (non-hydrogen) atoms. The number of para-hydroxylation sites is 1. The highest BCUT2D eigenvalue weighted by Gasteiger charge is 2.33. The molecular weight excluding hydrogens is 346 g/mol. The van der Waals surface area contributed by atoms with Gasteiger partial charge in [0.2, 0.25) is 0 Å². The number of H-pyrrole nitrogens is 1. The van der Waals surface area contributed by atoms with Crippen molar-refractivity contribution in [3.05, 3.63) is 40.4 Å². The van der Waals surface area contributed by atoms with Gasteiger partial charge in [-0.05, 0) is 19.1 Å². The zero-order valence-corrected chi connectivity index (χ0v) is 15.5. The molecule has 1 amide bonds. The van der Waals surface area contributed by atoms with Crippen LogP contribution in [0.15, 0.2) is 29.1 Å². The lowest BCUT2D eigenvalue weighted by Crippen LogP contribution is -2.58. The Hall–Kier alpha value is -2.29. The Morgan fingerprint density at radius 2 is 2.19 bits per heavy atom. The fourth-order valence-electron chi connectivity index (χ4n) is 3.77. The van der Waals surface area contributed by atoms with Gasteiger partial charge in [0.1, 0.15) is 11.9 Å². The van der Waals surface area contributed by atoms with E-state index in [9.17, 15) is 9.59 Å². The fourth-order valence-corrected chi connectivity index (χ4v) is 3.77. The van der Waals surface area contributed by atoms with Crippen molar-refractivity contribution in [2.75, 3.05) is 39.3 Å². The number of benzene rings is 1. The maximum absolute atomic E-state index is 12.9. The van der Waals surface area contributed by atoms with E-state index in [1.807, 2.05) is 30.0 Å². The molecule has 144 valence electrons. The van der Waals surface area contributed by atoms with Crippen LogP contribution in [0.1, 0.15) is 12.7 Å². The molecule has 1 aromatic carbocycles. The minimum Gasteiger partial charge on any atom is -0.366 e. The standard InChI is InChI=1S/C19H25N5O3/c1-13-10-20-6-7-24(13)19(26)16-11-23(8-9-27-16)12-17-21-15-5-3-2-4-14(15)18(25)22-17/h2-5,13,16,20H,6-12H2,1H3,(H,21,22,25)/t13-,16?/m0/s1. The number of aromatic nitrogens is 2. The summed E-state index contributed by atoms with van der Waals surface area (Å²) in [5.41, 5.74) is 0.554. The molecule has 2 aliphatic rings. The van der Waals surface area contributed by atoms with Gasteiger partial charge in [-0.3, -0.25) is 14.5 Å². The third-order valence-electron chi connectivity index (χ3n) is 5.25. The molecule has 1 aromatic heterocycles. The number of nitrogens with zero attached hydrogens (tertiary/aromatic N) is 3. The van der Waals surface area contributed by atoms with Crippen molar-refractivity contribution in [2.24, 2.45) is 0 Å². The number of amides is 1. The molecule has 8 nitrogen and oxygen atoms in total. The number of hydrogen-bond acceptors (Lipinski definition) is 6. The van der Waals surface area contributed by atoms with E-state index in [1.165, 1.54) is 0 Å². The smallest absolute Gasteiger partial charge is 0.258 e. The molecule has 2 aromatic rings. The molecule has 2 atom stereocenters. The minimum absolute atomic E-state index is 0.0497. The molecule has 0 bridgehead atoms. The Labute approximate surface area is 157 Å². The summed E-state index contributed by atoms with van der Waals surface area (Å²) in [6.07, 6.45) is -0.466. The van der Waals surface area contributed by atoms with E-state index < -0.39 is 6.10 Å². The van der Waals surface area contributed by atoms with Gasteiger partial charge in [0, 0.05) is 38.8 Å². The van der Waals surface area contributed by atoms with Crippen LogP contribution in [0.25, 0.3) is 10.9 Å². The van der Waals surface area contributed by atoms with Gasteiger partial charge in [-0.15, -0.1) is 0 Å². The third kappa shape index (κ3) is 3.87. The number of nitrogens with one attached hydrogen (secondary N) is 2. The van der Waals surface area contributed by atoms with Gasteiger partial charge >= 0.3 is 0 Å². The summed E-state index contributed by atoms with van der Waals surface area (Å²) in [6.45, 7) is 6.58. The molecule has 2 aliphatic heterocycles.